The quantitative estimate of drug-likeness (QED) is 0.672. The Balaban J connectivity index is 2.11. The Morgan fingerprint density at radius 2 is 2.36 bits per heavy atom. The van der Waals surface area contributed by atoms with Crippen molar-refractivity contribution in [3.63, 3.8) is 0 Å². The molecule has 0 amide bonds. The highest BCUT2D eigenvalue weighted by molar-refractivity contribution is 5.17. The van der Waals surface area contributed by atoms with Gasteiger partial charge in [0.1, 0.15) is 5.82 Å². The lowest BCUT2D eigenvalue weighted by Crippen LogP contribution is -1.88. The zero-order chi connectivity index (χ0) is 7.84. The molecule has 0 unspecified atom stereocenters. The average Bonchev–Trinajstić information content (AvgIpc) is 2.65. The maximum Gasteiger partial charge on any atom is 0.232 e. The van der Waals surface area contributed by atoms with Gasteiger partial charge in [-0.1, -0.05) is 0 Å². The molecule has 1 saturated carbocycles. The van der Waals surface area contributed by atoms with Crippen molar-refractivity contribution < 1.29 is 5.11 Å². The Morgan fingerprint density at radius 1 is 1.64 bits per heavy atom. The van der Waals surface area contributed by atoms with Gasteiger partial charge in [-0.25, -0.2) is 0 Å². The van der Waals surface area contributed by atoms with Crippen molar-refractivity contribution in [2.45, 2.75) is 26.2 Å². The van der Waals surface area contributed by atoms with E-state index in [4.69, 9.17) is 5.11 Å². The number of nitrogens with one attached hydrogen (secondary N) is 1. The first-order valence-corrected chi connectivity index (χ1v) is 4.00. The van der Waals surface area contributed by atoms with Crippen LogP contribution in [0.5, 0.6) is 5.88 Å². The van der Waals surface area contributed by atoms with Gasteiger partial charge in [-0.05, 0) is 25.7 Å². The summed E-state index contributed by atoms with van der Waals surface area (Å²) in [6.07, 6.45) is 3.64. The second-order valence-corrected chi connectivity index (χ2v) is 3.28. The van der Waals surface area contributed by atoms with Gasteiger partial charge in [0.25, 0.3) is 0 Å². The Bertz CT molecular complexity index is 244. The Morgan fingerprint density at radius 3 is 2.82 bits per heavy atom. The second-order valence-electron chi connectivity index (χ2n) is 3.28. The van der Waals surface area contributed by atoms with Crippen LogP contribution in [0, 0.1) is 12.8 Å². The summed E-state index contributed by atoms with van der Waals surface area (Å²) in [7, 11) is 0. The van der Waals surface area contributed by atoms with Crippen molar-refractivity contribution in [3.05, 3.63) is 11.5 Å². The molecule has 1 heterocycles. The summed E-state index contributed by atoms with van der Waals surface area (Å²) in [5, 5.41) is 9.13. The lowest BCUT2D eigenvalue weighted by molar-refractivity contribution is 0.451. The van der Waals surface area contributed by atoms with E-state index in [1.54, 1.807) is 0 Å². The van der Waals surface area contributed by atoms with Crippen LogP contribution in [0.4, 0.5) is 0 Å². The molecule has 0 spiro atoms. The standard InChI is InChI=1S/C8H12N2O/c1-5-8(11)10-7(9-5)4-6-2-3-6/h6,11H,2-4H2,1H3,(H,9,10). The minimum absolute atomic E-state index is 0.153. The summed E-state index contributed by atoms with van der Waals surface area (Å²) in [5.74, 6) is 1.91. The largest absolute Gasteiger partial charge is 0.492 e. The summed E-state index contributed by atoms with van der Waals surface area (Å²) in [6, 6.07) is 0. The van der Waals surface area contributed by atoms with Gasteiger partial charge in [0.15, 0.2) is 0 Å². The molecule has 0 radical (unpaired) electrons. The van der Waals surface area contributed by atoms with Crippen LogP contribution in [0.15, 0.2) is 0 Å². The van der Waals surface area contributed by atoms with Crippen molar-refractivity contribution in [2.75, 3.05) is 0 Å². The van der Waals surface area contributed by atoms with Crippen molar-refractivity contribution in [3.8, 4) is 5.88 Å². The number of aryl methyl sites for hydroxylation is 1. The molecule has 3 nitrogen and oxygen atoms in total. The van der Waals surface area contributed by atoms with Crippen LogP contribution in [0.3, 0.4) is 0 Å². The monoisotopic (exact) mass is 152 g/mol. The molecule has 60 valence electrons. The maximum atomic E-state index is 9.13. The molecule has 1 aromatic rings. The van der Waals surface area contributed by atoms with Gasteiger partial charge < -0.3 is 10.1 Å². The number of aromatic hydroxyl groups is 1. The third-order valence-electron chi connectivity index (χ3n) is 2.09. The van der Waals surface area contributed by atoms with Crippen LogP contribution in [0.2, 0.25) is 0 Å². The number of hydrogen-bond acceptors (Lipinski definition) is 2. The molecule has 2 N–H and O–H groups in total. The molecule has 1 fully saturated rings. The molecule has 0 atom stereocenters. The summed E-state index contributed by atoms with van der Waals surface area (Å²) >= 11 is 0. The molecule has 3 heteroatoms. The Kier molecular flexibility index (Phi) is 1.37. The molecule has 0 saturated heterocycles. The fourth-order valence-corrected chi connectivity index (χ4v) is 1.20. The molecule has 1 aliphatic rings. The van der Waals surface area contributed by atoms with Crippen LogP contribution >= 0.6 is 0 Å². The van der Waals surface area contributed by atoms with Crippen LogP contribution in [0.25, 0.3) is 0 Å². The van der Waals surface area contributed by atoms with Gasteiger partial charge in [0, 0.05) is 6.42 Å². The highest BCUT2D eigenvalue weighted by Crippen LogP contribution is 2.32. The molecular weight excluding hydrogens is 140 g/mol. The van der Waals surface area contributed by atoms with E-state index >= 15 is 0 Å². The predicted molar refractivity (Wildman–Crippen MR) is 41.4 cm³/mol. The van der Waals surface area contributed by atoms with Gasteiger partial charge in [0.2, 0.25) is 5.88 Å². The summed E-state index contributed by atoms with van der Waals surface area (Å²) in [6.45, 7) is 1.83. The molecular formula is C8H12N2O. The number of hydrogen-bond donors (Lipinski definition) is 2. The number of H-pyrrole nitrogens is 1. The van der Waals surface area contributed by atoms with Crippen LogP contribution in [-0.4, -0.2) is 15.1 Å². The highest BCUT2D eigenvalue weighted by atomic mass is 16.3. The first-order valence-electron chi connectivity index (χ1n) is 4.00. The number of imidazole rings is 1. The van der Waals surface area contributed by atoms with Crippen molar-refractivity contribution in [1.29, 1.82) is 0 Å². The third-order valence-corrected chi connectivity index (χ3v) is 2.09. The fraction of sp³-hybridized carbons (Fsp3) is 0.625. The van der Waals surface area contributed by atoms with E-state index in [-0.39, 0.29) is 5.88 Å². The van der Waals surface area contributed by atoms with Gasteiger partial charge in [0.05, 0.1) is 5.69 Å². The molecule has 0 aromatic carbocycles. The van der Waals surface area contributed by atoms with Crippen molar-refractivity contribution >= 4 is 0 Å². The second kappa shape index (κ2) is 2.26. The topological polar surface area (TPSA) is 48.9 Å². The van der Waals surface area contributed by atoms with Gasteiger partial charge in [-0.2, -0.15) is 4.98 Å². The zero-order valence-corrected chi connectivity index (χ0v) is 6.59. The third kappa shape index (κ3) is 1.37. The Hall–Kier alpha value is -0.990. The van der Waals surface area contributed by atoms with E-state index in [0.717, 1.165) is 23.9 Å². The lowest BCUT2D eigenvalue weighted by atomic mass is 10.3. The number of aromatic amines is 1. The first-order chi connectivity index (χ1) is 5.25. The van der Waals surface area contributed by atoms with Crippen LogP contribution < -0.4 is 0 Å². The zero-order valence-electron chi connectivity index (χ0n) is 6.59. The normalized spacial score (nSPS) is 17.2. The van der Waals surface area contributed by atoms with Crippen molar-refractivity contribution in [2.24, 2.45) is 5.92 Å². The van der Waals surface area contributed by atoms with Gasteiger partial charge in [-0.3, -0.25) is 0 Å². The maximum absolute atomic E-state index is 9.13. The fourth-order valence-electron chi connectivity index (χ4n) is 1.20. The summed E-state index contributed by atoms with van der Waals surface area (Å²) in [4.78, 5) is 7.04. The van der Waals surface area contributed by atoms with Crippen LogP contribution in [0.1, 0.15) is 24.4 Å². The van der Waals surface area contributed by atoms with Crippen LogP contribution in [-0.2, 0) is 6.42 Å². The van der Waals surface area contributed by atoms with E-state index in [2.05, 4.69) is 9.97 Å². The lowest BCUT2D eigenvalue weighted by Gasteiger charge is -1.89. The molecule has 2 rings (SSSR count). The SMILES string of the molecule is Cc1[nH]c(CC2CC2)nc1O. The number of aromatic nitrogens is 2. The molecule has 1 aromatic heterocycles. The van der Waals surface area contributed by atoms with E-state index < -0.39 is 0 Å². The minimum atomic E-state index is 0.153. The number of nitrogens with zero attached hydrogens (tertiary/aromatic N) is 1. The molecule has 1 aliphatic carbocycles. The minimum Gasteiger partial charge on any atom is -0.492 e. The predicted octanol–water partition coefficient (Wildman–Crippen LogP) is 1.38. The van der Waals surface area contributed by atoms with Crippen molar-refractivity contribution in [1.82, 2.24) is 9.97 Å². The number of rotatable bonds is 2. The van der Waals surface area contributed by atoms with Gasteiger partial charge in [-0.15, -0.1) is 0 Å². The molecule has 0 aliphatic heterocycles. The highest BCUT2D eigenvalue weighted by Gasteiger charge is 2.23. The summed E-state index contributed by atoms with van der Waals surface area (Å²) in [5.41, 5.74) is 0.778. The van der Waals surface area contributed by atoms with E-state index in [1.807, 2.05) is 6.92 Å². The van der Waals surface area contributed by atoms with E-state index in [1.165, 1.54) is 12.8 Å². The molecule has 0 bridgehead atoms. The first kappa shape index (κ1) is 6.70. The summed E-state index contributed by atoms with van der Waals surface area (Å²) < 4.78 is 0. The molecule has 11 heavy (non-hydrogen) atoms. The smallest absolute Gasteiger partial charge is 0.232 e. The van der Waals surface area contributed by atoms with E-state index in [0.29, 0.717) is 0 Å². The van der Waals surface area contributed by atoms with E-state index in [9.17, 15) is 0 Å². The average molecular weight is 152 g/mol. The Labute approximate surface area is 65.5 Å². The van der Waals surface area contributed by atoms with Gasteiger partial charge >= 0.3 is 0 Å².